The molecule has 0 bridgehead atoms. The van der Waals surface area contributed by atoms with Crippen LogP contribution in [0.15, 0.2) is 86.6 Å². The summed E-state index contributed by atoms with van der Waals surface area (Å²) in [7, 11) is -3.77. The molecule has 194 valence electrons. The number of nitrogens with zero attached hydrogens (tertiary/aromatic N) is 1. The van der Waals surface area contributed by atoms with Gasteiger partial charge in [-0.05, 0) is 71.2 Å². The number of hydrogen-bond acceptors (Lipinski definition) is 5. The maximum atomic E-state index is 13.2. The van der Waals surface area contributed by atoms with E-state index in [1.54, 1.807) is 42.5 Å². The lowest BCUT2D eigenvalue weighted by atomic mass is 9.98. The van der Waals surface area contributed by atoms with Crippen LogP contribution in [0.1, 0.15) is 24.5 Å². The van der Waals surface area contributed by atoms with Gasteiger partial charge < -0.3 is 10.1 Å². The van der Waals surface area contributed by atoms with Gasteiger partial charge in [-0.25, -0.2) is 12.8 Å². The molecule has 1 aliphatic rings. The molecule has 11 heteroatoms. The van der Waals surface area contributed by atoms with Crippen LogP contribution < -0.4 is 5.32 Å². The zero-order valence-electron chi connectivity index (χ0n) is 19.4. The van der Waals surface area contributed by atoms with Gasteiger partial charge in [0.25, 0.3) is 5.91 Å². The third-order valence-electron chi connectivity index (χ3n) is 5.98. The fourth-order valence-corrected chi connectivity index (χ4v) is 6.93. The highest BCUT2D eigenvalue weighted by molar-refractivity contribution is 9.11. The lowest BCUT2D eigenvalue weighted by Crippen LogP contribution is -2.41. The minimum absolute atomic E-state index is 0.138. The average Bonchev–Trinajstić information content (AvgIpc) is 2.90. The maximum Gasteiger partial charge on any atom is 0.310 e. The first-order valence-corrected chi connectivity index (χ1v) is 14.4. The number of benzene rings is 3. The van der Waals surface area contributed by atoms with Gasteiger partial charge in [-0.2, -0.15) is 4.31 Å². The number of anilines is 1. The molecule has 37 heavy (non-hydrogen) atoms. The van der Waals surface area contributed by atoms with Crippen LogP contribution in [0.3, 0.4) is 0 Å². The van der Waals surface area contributed by atoms with Crippen molar-refractivity contribution >= 4 is 59.4 Å². The van der Waals surface area contributed by atoms with Crippen molar-refractivity contribution in [3.05, 3.63) is 93.1 Å². The zero-order chi connectivity index (χ0) is 26.6. The molecule has 0 aliphatic carbocycles. The second-order valence-corrected chi connectivity index (χ2v) is 12.2. The van der Waals surface area contributed by atoms with Crippen molar-refractivity contribution in [1.82, 2.24) is 4.31 Å². The Kier molecular flexibility index (Phi) is 8.79. The largest absolute Gasteiger partial charge is 0.447 e. The molecule has 1 N–H and O–H groups in total. The fraction of sp³-hybridized carbons (Fsp3) is 0.231. The maximum absolute atomic E-state index is 13.2. The second-order valence-electron chi connectivity index (χ2n) is 8.48. The lowest BCUT2D eigenvalue weighted by Gasteiger charge is -2.31. The van der Waals surface area contributed by atoms with E-state index < -0.39 is 39.7 Å². The van der Waals surface area contributed by atoms with Crippen LogP contribution in [-0.4, -0.2) is 37.7 Å². The summed E-state index contributed by atoms with van der Waals surface area (Å²) in [4.78, 5) is 26.3. The number of hydrogen-bond donors (Lipinski definition) is 1. The molecule has 0 aromatic heterocycles. The molecule has 1 amide bonds. The van der Waals surface area contributed by atoms with Crippen molar-refractivity contribution in [3.63, 3.8) is 0 Å². The first-order valence-electron chi connectivity index (χ1n) is 11.4. The van der Waals surface area contributed by atoms with Crippen molar-refractivity contribution in [2.75, 3.05) is 18.4 Å². The van der Waals surface area contributed by atoms with E-state index in [1.807, 2.05) is 0 Å². The SMILES string of the molecule is O=C(OC(C(=O)Nc1ccc(F)cc1)c1ccccc1)C1CCN(S(=O)(=O)c2cc(Br)ccc2Br)CC1. The highest BCUT2D eigenvalue weighted by atomic mass is 79.9. The van der Waals surface area contributed by atoms with E-state index in [4.69, 9.17) is 4.74 Å². The topological polar surface area (TPSA) is 92.8 Å². The van der Waals surface area contributed by atoms with Gasteiger partial charge in [0.05, 0.1) is 10.8 Å². The predicted octanol–water partition coefficient (Wildman–Crippen LogP) is 5.67. The molecule has 0 saturated carbocycles. The molecule has 0 spiro atoms. The second kappa shape index (κ2) is 11.8. The smallest absolute Gasteiger partial charge is 0.310 e. The first-order chi connectivity index (χ1) is 17.6. The third kappa shape index (κ3) is 6.64. The van der Waals surface area contributed by atoms with Crippen LogP contribution in [0.4, 0.5) is 10.1 Å². The minimum Gasteiger partial charge on any atom is -0.447 e. The standard InChI is InChI=1S/C26H23Br2FN2O5S/c27-19-6-11-22(28)23(16-19)37(34,35)31-14-12-18(13-15-31)26(33)36-24(17-4-2-1-3-5-17)25(32)30-21-9-7-20(29)8-10-21/h1-11,16,18,24H,12-15H2,(H,30,32). The van der Waals surface area contributed by atoms with E-state index in [0.717, 1.165) is 0 Å². The Morgan fingerprint density at radius 2 is 1.62 bits per heavy atom. The summed E-state index contributed by atoms with van der Waals surface area (Å²) in [6.07, 6.45) is -0.714. The van der Waals surface area contributed by atoms with Crippen LogP contribution in [0.5, 0.6) is 0 Å². The highest BCUT2D eigenvalue weighted by Crippen LogP contribution is 2.32. The Hall–Kier alpha value is -2.60. The molecule has 1 heterocycles. The molecule has 1 aliphatic heterocycles. The summed E-state index contributed by atoms with van der Waals surface area (Å²) in [5.41, 5.74) is 0.843. The van der Waals surface area contributed by atoms with Crippen molar-refractivity contribution in [2.24, 2.45) is 5.92 Å². The van der Waals surface area contributed by atoms with E-state index in [-0.39, 0.29) is 30.8 Å². The molecular weight excluding hydrogens is 631 g/mol. The number of amides is 1. The average molecular weight is 654 g/mol. The third-order valence-corrected chi connectivity index (χ3v) is 9.37. The molecule has 0 radical (unpaired) electrons. The molecule has 1 atom stereocenters. The minimum atomic E-state index is -3.77. The molecule has 3 aromatic carbocycles. The van der Waals surface area contributed by atoms with Crippen molar-refractivity contribution in [1.29, 1.82) is 0 Å². The summed E-state index contributed by atoms with van der Waals surface area (Å²) in [5.74, 6) is -2.17. The number of carbonyl (C=O) groups is 2. The Morgan fingerprint density at radius 3 is 2.27 bits per heavy atom. The Labute approximate surface area is 231 Å². The van der Waals surface area contributed by atoms with Crippen LogP contribution in [0.2, 0.25) is 0 Å². The van der Waals surface area contributed by atoms with Crippen LogP contribution in [0.25, 0.3) is 0 Å². The molecule has 1 saturated heterocycles. The lowest BCUT2D eigenvalue weighted by molar-refractivity contribution is -0.160. The summed E-state index contributed by atoms with van der Waals surface area (Å²) in [5, 5.41) is 2.65. The number of carbonyl (C=O) groups excluding carboxylic acids is 2. The molecular formula is C26H23Br2FN2O5S. The number of sulfonamides is 1. The quantitative estimate of drug-likeness (QED) is 0.332. The van der Waals surface area contributed by atoms with Crippen molar-refractivity contribution < 1.29 is 27.1 Å². The Balaban J connectivity index is 1.44. The molecule has 4 rings (SSSR count). The number of ether oxygens (including phenoxy) is 1. The monoisotopic (exact) mass is 652 g/mol. The van der Waals surface area contributed by atoms with Crippen molar-refractivity contribution in [2.45, 2.75) is 23.8 Å². The van der Waals surface area contributed by atoms with Crippen LogP contribution in [-0.2, 0) is 24.3 Å². The number of rotatable bonds is 7. The summed E-state index contributed by atoms with van der Waals surface area (Å²) in [6, 6.07) is 18.8. The van der Waals surface area contributed by atoms with E-state index in [9.17, 15) is 22.4 Å². The van der Waals surface area contributed by atoms with Gasteiger partial charge in [-0.15, -0.1) is 0 Å². The van der Waals surface area contributed by atoms with Crippen LogP contribution >= 0.6 is 31.9 Å². The van der Waals surface area contributed by atoms with Gasteiger partial charge in [-0.1, -0.05) is 46.3 Å². The summed E-state index contributed by atoms with van der Waals surface area (Å²) in [6.45, 7) is 0.275. The summed E-state index contributed by atoms with van der Waals surface area (Å²) < 4.78 is 47.7. The molecule has 3 aromatic rings. The van der Waals surface area contributed by atoms with Gasteiger partial charge in [0.1, 0.15) is 5.82 Å². The van der Waals surface area contributed by atoms with Gasteiger partial charge in [0.15, 0.2) is 0 Å². The van der Waals surface area contributed by atoms with Gasteiger partial charge in [-0.3, -0.25) is 9.59 Å². The Bertz CT molecular complexity index is 1380. The molecule has 1 unspecified atom stereocenters. The number of esters is 1. The highest BCUT2D eigenvalue weighted by Gasteiger charge is 2.36. The zero-order valence-corrected chi connectivity index (χ0v) is 23.4. The van der Waals surface area contributed by atoms with Gasteiger partial charge >= 0.3 is 5.97 Å². The first kappa shape index (κ1) is 27.4. The van der Waals surface area contributed by atoms with Crippen LogP contribution in [0, 0.1) is 11.7 Å². The molecule has 7 nitrogen and oxygen atoms in total. The van der Waals surface area contributed by atoms with E-state index in [0.29, 0.717) is 20.2 Å². The predicted molar refractivity (Wildman–Crippen MR) is 144 cm³/mol. The number of nitrogens with one attached hydrogen (secondary N) is 1. The normalized spacial score (nSPS) is 15.6. The van der Waals surface area contributed by atoms with E-state index in [2.05, 4.69) is 37.2 Å². The van der Waals surface area contributed by atoms with Crippen molar-refractivity contribution in [3.8, 4) is 0 Å². The fourth-order valence-electron chi connectivity index (χ4n) is 4.00. The van der Waals surface area contributed by atoms with Gasteiger partial charge in [0, 0.05) is 33.3 Å². The number of piperidine rings is 1. The number of halogens is 3. The van der Waals surface area contributed by atoms with E-state index in [1.165, 1.54) is 34.6 Å². The summed E-state index contributed by atoms with van der Waals surface area (Å²) >= 11 is 6.61. The van der Waals surface area contributed by atoms with E-state index >= 15 is 0 Å². The van der Waals surface area contributed by atoms with Gasteiger partial charge in [0.2, 0.25) is 16.1 Å². The Morgan fingerprint density at radius 1 is 0.973 bits per heavy atom. The molecule has 1 fully saturated rings.